The zero-order chi connectivity index (χ0) is 13.2. The van der Waals surface area contributed by atoms with Gasteiger partial charge in [0.05, 0.1) is 11.1 Å². The van der Waals surface area contributed by atoms with Gasteiger partial charge in [0.15, 0.2) is 0 Å². The fraction of sp³-hybridized carbons (Fsp3) is 0.286. The fourth-order valence-electron chi connectivity index (χ4n) is 1.82. The number of amidine groups is 1. The standard InChI is InChI=1S/C14H18N4/c1-14(2,3)17-13(18-15)11-6-4-8-12-10(11)7-5-9-16-12/h4-9H,15H2,1-3H3,(H,17,18). The van der Waals surface area contributed by atoms with E-state index in [1.54, 1.807) is 6.20 Å². The number of hydrogen-bond donors (Lipinski definition) is 2. The molecule has 0 fully saturated rings. The monoisotopic (exact) mass is 242 g/mol. The van der Waals surface area contributed by atoms with E-state index in [4.69, 9.17) is 5.84 Å². The summed E-state index contributed by atoms with van der Waals surface area (Å²) in [4.78, 5) is 8.93. The van der Waals surface area contributed by atoms with Gasteiger partial charge in [0.25, 0.3) is 0 Å². The van der Waals surface area contributed by atoms with E-state index in [0.717, 1.165) is 16.5 Å². The number of nitrogens with zero attached hydrogens (tertiary/aromatic N) is 2. The van der Waals surface area contributed by atoms with Gasteiger partial charge < -0.3 is 5.43 Å². The minimum absolute atomic E-state index is 0.188. The molecule has 0 aliphatic carbocycles. The van der Waals surface area contributed by atoms with Gasteiger partial charge in [0, 0.05) is 17.1 Å². The van der Waals surface area contributed by atoms with Crippen molar-refractivity contribution in [2.24, 2.45) is 10.8 Å². The molecule has 1 aromatic carbocycles. The van der Waals surface area contributed by atoms with Crippen LogP contribution in [0.25, 0.3) is 10.9 Å². The van der Waals surface area contributed by atoms with Crippen molar-refractivity contribution in [3.63, 3.8) is 0 Å². The lowest BCUT2D eigenvalue weighted by Crippen LogP contribution is -2.33. The normalized spacial score (nSPS) is 12.8. The minimum atomic E-state index is -0.188. The highest BCUT2D eigenvalue weighted by Crippen LogP contribution is 2.18. The van der Waals surface area contributed by atoms with Crippen molar-refractivity contribution in [2.75, 3.05) is 0 Å². The minimum Gasteiger partial charge on any atom is -0.308 e. The van der Waals surface area contributed by atoms with Gasteiger partial charge in [-0.15, -0.1) is 0 Å². The molecule has 0 aliphatic rings. The van der Waals surface area contributed by atoms with E-state index in [1.165, 1.54) is 0 Å². The van der Waals surface area contributed by atoms with Gasteiger partial charge in [-0.2, -0.15) is 0 Å². The van der Waals surface area contributed by atoms with Gasteiger partial charge in [-0.1, -0.05) is 18.2 Å². The molecular formula is C14H18N4. The van der Waals surface area contributed by atoms with E-state index < -0.39 is 0 Å². The number of aliphatic imine (C=N–C) groups is 1. The van der Waals surface area contributed by atoms with Gasteiger partial charge in [0.1, 0.15) is 5.84 Å². The molecule has 2 rings (SSSR count). The van der Waals surface area contributed by atoms with Crippen LogP contribution in [-0.4, -0.2) is 16.4 Å². The fourth-order valence-corrected chi connectivity index (χ4v) is 1.82. The Morgan fingerprint density at radius 2 is 2.00 bits per heavy atom. The van der Waals surface area contributed by atoms with E-state index in [-0.39, 0.29) is 5.54 Å². The Labute approximate surface area is 107 Å². The highest BCUT2D eigenvalue weighted by atomic mass is 15.3. The average Bonchev–Trinajstić information content (AvgIpc) is 2.34. The quantitative estimate of drug-likeness (QED) is 0.349. The Bertz CT molecular complexity index is 576. The van der Waals surface area contributed by atoms with Crippen molar-refractivity contribution in [1.29, 1.82) is 0 Å². The smallest absolute Gasteiger partial charge is 0.143 e. The number of nitrogens with one attached hydrogen (secondary N) is 1. The number of benzene rings is 1. The van der Waals surface area contributed by atoms with Crippen LogP contribution in [0.2, 0.25) is 0 Å². The van der Waals surface area contributed by atoms with Crippen LogP contribution < -0.4 is 11.3 Å². The molecule has 1 aromatic heterocycles. The SMILES string of the molecule is CC(C)(C)N=C(NN)c1cccc2ncccc12. The van der Waals surface area contributed by atoms with Crippen LogP contribution in [0, 0.1) is 0 Å². The molecule has 4 heteroatoms. The summed E-state index contributed by atoms with van der Waals surface area (Å²) in [5.41, 5.74) is 4.41. The van der Waals surface area contributed by atoms with Crippen molar-refractivity contribution in [3.8, 4) is 0 Å². The Balaban J connectivity index is 2.63. The number of aromatic nitrogens is 1. The van der Waals surface area contributed by atoms with E-state index >= 15 is 0 Å². The Morgan fingerprint density at radius 1 is 1.22 bits per heavy atom. The first-order valence-corrected chi connectivity index (χ1v) is 5.92. The van der Waals surface area contributed by atoms with E-state index in [1.807, 2.05) is 51.1 Å². The molecule has 0 saturated heterocycles. The number of hydrogen-bond acceptors (Lipinski definition) is 3. The lowest BCUT2D eigenvalue weighted by molar-refractivity contribution is 0.580. The van der Waals surface area contributed by atoms with Gasteiger partial charge >= 0.3 is 0 Å². The molecule has 2 aromatic rings. The molecule has 1 heterocycles. The lowest BCUT2D eigenvalue weighted by Gasteiger charge is -2.16. The molecule has 0 amide bonds. The zero-order valence-corrected chi connectivity index (χ0v) is 10.9. The van der Waals surface area contributed by atoms with Crippen LogP contribution in [0.5, 0.6) is 0 Å². The first-order valence-electron chi connectivity index (χ1n) is 5.92. The summed E-state index contributed by atoms with van der Waals surface area (Å²) >= 11 is 0. The van der Waals surface area contributed by atoms with E-state index in [0.29, 0.717) is 5.84 Å². The maximum atomic E-state index is 5.60. The number of fused-ring (bicyclic) bond motifs is 1. The molecule has 0 spiro atoms. The molecule has 94 valence electrons. The summed E-state index contributed by atoms with van der Waals surface area (Å²) in [7, 11) is 0. The largest absolute Gasteiger partial charge is 0.308 e. The number of hydrazine groups is 1. The first kappa shape index (κ1) is 12.5. The molecule has 0 unspecified atom stereocenters. The second-order valence-electron chi connectivity index (χ2n) is 5.15. The predicted molar refractivity (Wildman–Crippen MR) is 75.4 cm³/mol. The summed E-state index contributed by atoms with van der Waals surface area (Å²) < 4.78 is 0. The van der Waals surface area contributed by atoms with Crippen molar-refractivity contribution in [1.82, 2.24) is 10.4 Å². The van der Waals surface area contributed by atoms with Crippen molar-refractivity contribution in [3.05, 3.63) is 42.1 Å². The predicted octanol–water partition coefficient (Wildman–Crippen LogP) is 2.24. The highest BCUT2D eigenvalue weighted by molar-refractivity contribution is 6.08. The van der Waals surface area contributed by atoms with Crippen LogP contribution in [0.15, 0.2) is 41.5 Å². The van der Waals surface area contributed by atoms with Crippen LogP contribution >= 0.6 is 0 Å². The van der Waals surface area contributed by atoms with E-state index in [2.05, 4.69) is 15.4 Å². The zero-order valence-electron chi connectivity index (χ0n) is 10.9. The van der Waals surface area contributed by atoms with Crippen molar-refractivity contribution >= 4 is 16.7 Å². The molecule has 0 atom stereocenters. The Kier molecular flexibility index (Phi) is 3.30. The number of rotatable bonds is 1. The summed E-state index contributed by atoms with van der Waals surface area (Å²) in [6, 6.07) is 9.86. The maximum absolute atomic E-state index is 5.60. The summed E-state index contributed by atoms with van der Waals surface area (Å²) in [5, 5.41) is 1.04. The maximum Gasteiger partial charge on any atom is 0.143 e. The third-order valence-electron chi connectivity index (χ3n) is 2.48. The summed E-state index contributed by atoms with van der Waals surface area (Å²) in [6.07, 6.45) is 1.78. The third kappa shape index (κ3) is 2.65. The Hall–Kier alpha value is -1.94. The van der Waals surface area contributed by atoms with Crippen molar-refractivity contribution < 1.29 is 0 Å². The Morgan fingerprint density at radius 3 is 2.67 bits per heavy atom. The second kappa shape index (κ2) is 4.74. The third-order valence-corrected chi connectivity index (χ3v) is 2.48. The van der Waals surface area contributed by atoms with Gasteiger partial charge in [-0.05, 0) is 32.9 Å². The second-order valence-corrected chi connectivity index (χ2v) is 5.15. The van der Waals surface area contributed by atoms with Gasteiger partial charge in [-0.25, -0.2) is 5.84 Å². The van der Waals surface area contributed by atoms with Gasteiger partial charge in [-0.3, -0.25) is 9.98 Å². The number of pyridine rings is 1. The molecule has 0 radical (unpaired) electrons. The number of nitrogens with two attached hydrogens (primary N) is 1. The molecule has 3 N–H and O–H groups in total. The highest BCUT2D eigenvalue weighted by Gasteiger charge is 2.13. The topological polar surface area (TPSA) is 63.3 Å². The molecule has 4 nitrogen and oxygen atoms in total. The molecule has 0 aliphatic heterocycles. The van der Waals surface area contributed by atoms with Crippen LogP contribution in [0.3, 0.4) is 0 Å². The molecule has 18 heavy (non-hydrogen) atoms. The molecule has 0 saturated carbocycles. The van der Waals surface area contributed by atoms with E-state index in [9.17, 15) is 0 Å². The lowest BCUT2D eigenvalue weighted by atomic mass is 10.1. The van der Waals surface area contributed by atoms with Crippen LogP contribution in [-0.2, 0) is 0 Å². The van der Waals surface area contributed by atoms with Crippen molar-refractivity contribution in [2.45, 2.75) is 26.3 Å². The molecule has 0 bridgehead atoms. The summed E-state index contributed by atoms with van der Waals surface area (Å²) in [5.74, 6) is 6.28. The van der Waals surface area contributed by atoms with Crippen LogP contribution in [0.1, 0.15) is 26.3 Å². The first-order chi connectivity index (χ1) is 8.51. The summed E-state index contributed by atoms with van der Waals surface area (Å²) in [6.45, 7) is 6.11. The van der Waals surface area contributed by atoms with Crippen LogP contribution in [0.4, 0.5) is 0 Å². The van der Waals surface area contributed by atoms with Gasteiger partial charge in [0.2, 0.25) is 0 Å². The average molecular weight is 242 g/mol. The molecular weight excluding hydrogens is 224 g/mol.